The second kappa shape index (κ2) is 8.47. The first kappa shape index (κ1) is 21.2. The van der Waals surface area contributed by atoms with Crippen LogP contribution in [0.5, 0.6) is 11.5 Å². The average Bonchev–Trinajstić information content (AvgIpc) is 2.73. The maximum Gasteiger partial charge on any atom is 0.416 e. The summed E-state index contributed by atoms with van der Waals surface area (Å²) in [7, 11) is 0. The van der Waals surface area contributed by atoms with Gasteiger partial charge in [0.05, 0.1) is 17.9 Å². The Hall–Kier alpha value is -3.50. The number of halogens is 3. The van der Waals surface area contributed by atoms with Crippen LogP contribution in [0.3, 0.4) is 0 Å². The van der Waals surface area contributed by atoms with Crippen molar-refractivity contribution in [3.63, 3.8) is 0 Å². The Kier molecular flexibility index (Phi) is 5.99. The third-order valence-corrected chi connectivity index (χ3v) is 4.04. The van der Waals surface area contributed by atoms with E-state index in [0.717, 1.165) is 12.1 Å². The van der Waals surface area contributed by atoms with Crippen molar-refractivity contribution in [3.8, 4) is 22.9 Å². The molecule has 0 aliphatic rings. The van der Waals surface area contributed by atoms with Crippen molar-refractivity contribution < 1.29 is 32.9 Å². The van der Waals surface area contributed by atoms with Crippen LogP contribution in [-0.2, 0) is 6.18 Å². The van der Waals surface area contributed by atoms with Crippen molar-refractivity contribution in [2.45, 2.75) is 12.3 Å². The fraction of sp³-hybridized carbons (Fsp3) is 0.150. The first-order chi connectivity index (χ1) is 14.2. The topological polar surface area (TPSA) is 119 Å². The Labute approximate surface area is 168 Å². The van der Waals surface area contributed by atoms with Crippen LogP contribution < -0.4 is 10.5 Å². The summed E-state index contributed by atoms with van der Waals surface area (Å²) in [6.45, 7) is -0.603. The van der Waals surface area contributed by atoms with Crippen LogP contribution in [0.25, 0.3) is 11.4 Å². The van der Waals surface area contributed by atoms with Gasteiger partial charge < -0.3 is 20.7 Å². The number of nitrogens with zero attached hydrogens (tertiary/aromatic N) is 2. The van der Waals surface area contributed by atoms with Crippen molar-refractivity contribution in [2.24, 2.45) is 5.73 Å². The van der Waals surface area contributed by atoms with E-state index in [1.165, 1.54) is 30.3 Å². The van der Waals surface area contributed by atoms with Crippen LogP contribution in [0.4, 0.5) is 13.2 Å². The fourth-order valence-electron chi connectivity index (χ4n) is 2.51. The molecule has 156 valence electrons. The molecule has 0 aliphatic carbocycles. The van der Waals surface area contributed by atoms with E-state index < -0.39 is 30.4 Å². The summed E-state index contributed by atoms with van der Waals surface area (Å²) in [4.78, 5) is 19.7. The van der Waals surface area contributed by atoms with Crippen molar-refractivity contribution in [1.29, 1.82) is 0 Å². The van der Waals surface area contributed by atoms with Gasteiger partial charge in [-0.25, -0.2) is 9.97 Å². The number of rotatable bonds is 6. The minimum Gasteiger partial charge on any atom is -0.457 e. The van der Waals surface area contributed by atoms with E-state index in [2.05, 4.69) is 9.97 Å². The third-order valence-electron chi connectivity index (χ3n) is 4.04. The zero-order valence-corrected chi connectivity index (χ0v) is 15.3. The first-order valence-electron chi connectivity index (χ1n) is 8.60. The van der Waals surface area contributed by atoms with Gasteiger partial charge in [-0.2, -0.15) is 13.2 Å². The van der Waals surface area contributed by atoms with Gasteiger partial charge in [0.15, 0.2) is 5.82 Å². The van der Waals surface area contributed by atoms with E-state index in [-0.39, 0.29) is 23.0 Å². The van der Waals surface area contributed by atoms with Crippen molar-refractivity contribution in [2.75, 3.05) is 6.61 Å². The number of aliphatic hydroxyl groups excluding tert-OH is 2. The van der Waals surface area contributed by atoms with E-state index in [0.29, 0.717) is 11.3 Å². The lowest BCUT2D eigenvalue weighted by atomic mass is 10.1. The highest BCUT2D eigenvalue weighted by atomic mass is 19.4. The zero-order valence-electron chi connectivity index (χ0n) is 15.3. The fourth-order valence-corrected chi connectivity index (χ4v) is 2.51. The highest BCUT2D eigenvalue weighted by Gasteiger charge is 2.30. The number of alkyl halides is 3. The molecule has 0 aliphatic heterocycles. The average molecular weight is 419 g/mol. The highest BCUT2D eigenvalue weighted by molar-refractivity contribution is 5.91. The molecule has 1 heterocycles. The van der Waals surface area contributed by atoms with Crippen LogP contribution in [0.2, 0.25) is 0 Å². The monoisotopic (exact) mass is 419 g/mol. The number of ether oxygens (including phenoxy) is 1. The highest BCUT2D eigenvalue weighted by Crippen LogP contribution is 2.31. The summed E-state index contributed by atoms with van der Waals surface area (Å²) in [6, 6.07) is 11.6. The summed E-state index contributed by atoms with van der Waals surface area (Å²) in [5, 5.41) is 18.9. The van der Waals surface area contributed by atoms with E-state index in [9.17, 15) is 23.1 Å². The molecular formula is C20H16F3N3O4. The summed E-state index contributed by atoms with van der Waals surface area (Å²) in [6.07, 6.45) is -5.74. The van der Waals surface area contributed by atoms with Gasteiger partial charge in [-0.15, -0.1) is 0 Å². The molecule has 1 atom stereocenters. The van der Waals surface area contributed by atoms with E-state index in [4.69, 9.17) is 15.6 Å². The summed E-state index contributed by atoms with van der Waals surface area (Å²) >= 11 is 0. The molecule has 1 amide bonds. The quantitative estimate of drug-likeness (QED) is 0.565. The van der Waals surface area contributed by atoms with Gasteiger partial charge in [0.25, 0.3) is 5.91 Å². The molecule has 1 aromatic heterocycles. The smallest absolute Gasteiger partial charge is 0.416 e. The maximum absolute atomic E-state index is 12.6. The maximum atomic E-state index is 12.6. The standard InChI is InChI=1S/C20H16F3N3O4/c21-20(22,23)12-3-7-14(8-4-12)30-13-5-1-11(2-6-13)19-25-15(17(28)10-27)9-16(26-19)18(24)29/h1-9,17,27-28H,10H2,(H2,24,29)/t17-/m0/s1. The molecule has 0 bridgehead atoms. The molecule has 0 spiro atoms. The van der Waals surface area contributed by atoms with Gasteiger partial charge in [-0.1, -0.05) is 0 Å². The summed E-state index contributed by atoms with van der Waals surface area (Å²) in [5.41, 5.74) is 4.83. The molecule has 4 N–H and O–H groups in total. The molecule has 0 saturated carbocycles. The zero-order chi connectivity index (χ0) is 21.9. The van der Waals surface area contributed by atoms with Crippen LogP contribution >= 0.6 is 0 Å². The molecule has 3 aromatic rings. The first-order valence-corrected chi connectivity index (χ1v) is 8.60. The Balaban J connectivity index is 1.83. The van der Waals surface area contributed by atoms with Crippen LogP contribution in [0, 0.1) is 0 Å². The second-order valence-electron chi connectivity index (χ2n) is 6.21. The lowest BCUT2D eigenvalue weighted by Crippen LogP contribution is -2.16. The van der Waals surface area contributed by atoms with Gasteiger partial charge >= 0.3 is 6.18 Å². The van der Waals surface area contributed by atoms with Crippen LogP contribution in [0.1, 0.15) is 27.8 Å². The van der Waals surface area contributed by atoms with Gasteiger partial charge in [0.1, 0.15) is 23.3 Å². The molecule has 7 nitrogen and oxygen atoms in total. The minimum atomic E-state index is -4.43. The Morgan fingerprint density at radius 2 is 1.60 bits per heavy atom. The number of aliphatic hydroxyl groups is 2. The van der Waals surface area contributed by atoms with Crippen LogP contribution in [-0.4, -0.2) is 32.7 Å². The van der Waals surface area contributed by atoms with Crippen LogP contribution in [0.15, 0.2) is 54.6 Å². The lowest BCUT2D eigenvalue weighted by molar-refractivity contribution is -0.137. The molecular weight excluding hydrogens is 403 g/mol. The number of primary amides is 1. The molecule has 3 rings (SSSR count). The molecule has 0 radical (unpaired) electrons. The van der Waals surface area contributed by atoms with Gasteiger partial charge in [0, 0.05) is 5.56 Å². The number of amides is 1. The van der Waals surface area contributed by atoms with Crippen molar-refractivity contribution >= 4 is 5.91 Å². The molecule has 0 fully saturated rings. The van der Waals surface area contributed by atoms with E-state index >= 15 is 0 Å². The number of aromatic nitrogens is 2. The number of nitrogens with two attached hydrogens (primary N) is 1. The summed E-state index contributed by atoms with van der Waals surface area (Å²) in [5.74, 6) is -0.168. The Bertz CT molecular complexity index is 1040. The number of benzene rings is 2. The molecule has 2 aromatic carbocycles. The normalized spacial score (nSPS) is 12.4. The number of carbonyl (C=O) groups excluding carboxylic acids is 1. The van der Waals surface area contributed by atoms with Gasteiger partial charge in [-0.05, 0) is 54.6 Å². The van der Waals surface area contributed by atoms with Gasteiger partial charge in [-0.3, -0.25) is 4.79 Å². The predicted molar refractivity (Wildman–Crippen MR) is 99.5 cm³/mol. The Morgan fingerprint density at radius 1 is 1.03 bits per heavy atom. The van der Waals surface area contributed by atoms with E-state index in [1.807, 2.05) is 0 Å². The predicted octanol–water partition coefficient (Wildman–Crippen LogP) is 3.08. The largest absolute Gasteiger partial charge is 0.457 e. The molecule has 10 heteroatoms. The SMILES string of the molecule is NC(=O)c1cc([C@@H](O)CO)nc(-c2ccc(Oc3ccc(C(F)(F)F)cc3)cc2)n1. The van der Waals surface area contributed by atoms with Crippen molar-refractivity contribution in [3.05, 3.63) is 71.5 Å². The number of hydrogen-bond acceptors (Lipinski definition) is 6. The lowest BCUT2D eigenvalue weighted by Gasteiger charge is -2.11. The molecule has 30 heavy (non-hydrogen) atoms. The van der Waals surface area contributed by atoms with Gasteiger partial charge in [0.2, 0.25) is 0 Å². The second-order valence-corrected chi connectivity index (χ2v) is 6.21. The molecule has 0 saturated heterocycles. The Morgan fingerprint density at radius 3 is 2.10 bits per heavy atom. The van der Waals surface area contributed by atoms with Crippen molar-refractivity contribution in [1.82, 2.24) is 9.97 Å². The van der Waals surface area contributed by atoms with E-state index in [1.54, 1.807) is 12.1 Å². The number of carbonyl (C=O) groups is 1. The number of hydrogen-bond donors (Lipinski definition) is 3. The summed E-state index contributed by atoms with van der Waals surface area (Å²) < 4.78 is 43.4. The molecule has 0 unspecified atom stereocenters. The third kappa shape index (κ3) is 4.91. The minimum absolute atomic E-state index is 0.0291.